The highest BCUT2D eigenvalue weighted by Crippen LogP contribution is 2.31. The molecule has 4 heterocycles. The molecule has 1 amide bonds. The van der Waals surface area contributed by atoms with Crippen LogP contribution in [0.25, 0.3) is 22.4 Å². The van der Waals surface area contributed by atoms with Gasteiger partial charge in [-0.25, -0.2) is 9.78 Å². The third kappa shape index (κ3) is 4.52. The smallest absolute Gasteiger partial charge is 0.330 e. The van der Waals surface area contributed by atoms with Crippen LogP contribution in [0.2, 0.25) is 0 Å². The van der Waals surface area contributed by atoms with Gasteiger partial charge in [0.1, 0.15) is 6.26 Å². The summed E-state index contributed by atoms with van der Waals surface area (Å²) >= 11 is 0. The molecule has 0 saturated carbocycles. The van der Waals surface area contributed by atoms with E-state index >= 15 is 0 Å². The lowest BCUT2D eigenvalue weighted by molar-refractivity contribution is 0.0696. The van der Waals surface area contributed by atoms with Gasteiger partial charge in [0.05, 0.1) is 11.2 Å². The number of aryl methyl sites for hydroxylation is 1. The number of hydrogen-bond acceptors (Lipinski definition) is 5. The number of nitrogens with zero attached hydrogens (tertiary/aromatic N) is 5. The van der Waals surface area contributed by atoms with Gasteiger partial charge in [0.2, 0.25) is 0 Å². The lowest BCUT2D eigenvalue weighted by Gasteiger charge is -2.32. The molecule has 1 unspecified atom stereocenters. The molecular formula is C27H31N5O3. The zero-order valence-electron chi connectivity index (χ0n) is 20.7. The molecule has 1 aromatic carbocycles. The Morgan fingerprint density at radius 2 is 2.00 bits per heavy atom. The Morgan fingerprint density at radius 1 is 1.17 bits per heavy atom. The van der Waals surface area contributed by atoms with E-state index in [0.717, 1.165) is 36.2 Å². The first-order valence-electron chi connectivity index (χ1n) is 12.1. The van der Waals surface area contributed by atoms with E-state index in [-0.39, 0.29) is 22.9 Å². The third-order valence-electron chi connectivity index (χ3n) is 6.63. The molecule has 0 N–H and O–H groups in total. The number of carbonyl (C=O) groups is 1. The summed E-state index contributed by atoms with van der Waals surface area (Å²) in [4.78, 5) is 32.4. The Balaban J connectivity index is 1.43. The molecule has 1 saturated heterocycles. The first-order chi connectivity index (χ1) is 16.7. The van der Waals surface area contributed by atoms with Crippen molar-refractivity contribution in [3.8, 4) is 11.3 Å². The minimum absolute atomic E-state index is 0.0198. The van der Waals surface area contributed by atoms with E-state index < -0.39 is 0 Å². The first-order valence-corrected chi connectivity index (χ1v) is 12.1. The number of carbonyl (C=O) groups excluding carboxylic acids is 1. The number of rotatable bonds is 4. The molecule has 5 rings (SSSR count). The number of benzene rings is 1. The summed E-state index contributed by atoms with van der Waals surface area (Å²) in [6.07, 6.45) is 3.38. The fourth-order valence-electron chi connectivity index (χ4n) is 4.93. The number of likely N-dealkylation sites (tertiary alicyclic amines) is 1. The van der Waals surface area contributed by atoms with Gasteiger partial charge in [0, 0.05) is 44.2 Å². The highest BCUT2D eigenvalue weighted by atomic mass is 16.5. The van der Waals surface area contributed by atoms with Gasteiger partial charge in [-0.05, 0) is 42.0 Å². The van der Waals surface area contributed by atoms with E-state index in [4.69, 9.17) is 9.51 Å². The standard InChI is InChI=1S/C27H31N5O3/c1-27(2,3)17-32-23-11-10-21(28-24(23)30(4)26(32)34)19-8-5-7-18(15-19)20-9-6-13-31(16-20)25(33)22-12-14-35-29-22/h5,7-8,10-12,14-15,20H,6,9,13,16-17H2,1-4H3. The number of amides is 1. The maximum Gasteiger partial charge on any atom is 0.330 e. The second-order valence-corrected chi connectivity index (χ2v) is 10.6. The Hall–Kier alpha value is -3.68. The molecule has 0 spiro atoms. The van der Waals surface area contributed by atoms with Crippen molar-refractivity contribution in [3.05, 3.63) is 70.5 Å². The molecule has 3 aromatic heterocycles. The van der Waals surface area contributed by atoms with Crippen molar-refractivity contribution in [2.75, 3.05) is 13.1 Å². The van der Waals surface area contributed by atoms with E-state index in [1.54, 1.807) is 17.7 Å². The van der Waals surface area contributed by atoms with E-state index in [0.29, 0.717) is 24.4 Å². The monoisotopic (exact) mass is 473 g/mol. The summed E-state index contributed by atoms with van der Waals surface area (Å²) in [6, 6.07) is 14.0. The van der Waals surface area contributed by atoms with E-state index in [2.05, 4.69) is 38.1 Å². The van der Waals surface area contributed by atoms with Crippen LogP contribution >= 0.6 is 0 Å². The van der Waals surface area contributed by atoms with E-state index in [9.17, 15) is 9.59 Å². The quantitative estimate of drug-likeness (QED) is 0.437. The molecule has 1 aliphatic heterocycles. The van der Waals surface area contributed by atoms with Crippen LogP contribution in [0.5, 0.6) is 0 Å². The molecule has 1 atom stereocenters. The fourth-order valence-corrected chi connectivity index (χ4v) is 4.93. The lowest BCUT2D eigenvalue weighted by Crippen LogP contribution is -2.39. The number of hydrogen-bond donors (Lipinski definition) is 0. The van der Waals surface area contributed by atoms with Crippen molar-refractivity contribution in [2.24, 2.45) is 12.5 Å². The van der Waals surface area contributed by atoms with Crippen molar-refractivity contribution in [1.29, 1.82) is 0 Å². The third-order valence-corrected chi connectivity index (χ3v) is 6.63. The second-order valence-electron chi connectivity index (χ2n) is 10.6. The SMILES string of the molecule is Cn1c(=O)n(CC(C)(C)C)c2ccc(-c3cccc(C4CCCN(C(=O)c5ccon5)C4)c3)nc21. The van der Waals surface area contributed by atoms with Crippen molar-refractivity contribution < 1.29 is 9.32 Å². The van der Waals surface area contributed by atoms with Gasteiger partial charge in [0.25, 0.3) is 5.91 Å². The van der Waals surface area contributed by atoms with Gasteiger partial charge in [-0.3, -0.25) is 13.9 Å². The zero-order valence-corrected chi connectivity index (χ0v) is 20.7. The van der Waals surface area contributed by atoms with Crippen LogP contribution in [0.1, 0.15) is 55.6 Å². The maximum absolute atomic E-state index is 12.9. The summed E-state index contributed by atoms with van der Waals surface area (Å²) in [5.41, 5.74) is 4.82. The Morgan fingerprint density at radius 3 is 2.74 bits per heavy atom. The average Bonchev–Trinajstić information content (AvgIpc) is 3.47. The minimum Gasteiger partial charge on any atom is -0.364 e. The van der Waals surface area contributed by atoms with E-state index in [1.807, 2.05) is 33.7 Å². The molecule has 0 radical (unpaired) electrons. The Kier molecular flexibility index (Phi) is 5.83. The molecule has 1 aliphatic rings. The number of pyridine rings is 1. The predicted octanol–water partition coefficient (Wildman–Crippen LogP) is 4.46. The minimum atomic E-state index is -0.0904. The highest BCUT2D eigenvalue weighted by Gasteiger charge is 2.27. The van der Waals surface area contributed by atoms with Crippen LogP contribution in [0, 0.1) is 5.41 Å². The van der Waals surface area contributed by atoms with Crippen molar-refractivity contribution in [1.82, 2.24) is 24.2 Å². The van der Waals surface area contributed by atoms with Crippen LogP contribution in [-0.4, -0.2) is 43.2 Å². The molecule has 0 aliphatic carbocycles. The molecule has 1 fully saturated rings. The van der Waals surface area contributed by atoms with Crippen LogP contribution in [0.4, 0.5) is 0 Å². The molecule has 8 nitrogen and oxygen atoms in total. The van der Waals surface area contributed by atoms with Gasteiger partial charge in [-0.1, -0.05) is 44.1 Å². The van der Waals surface area contributed by atoms with Gasteiger partial charge < -0.3 is 9.42 Å². The van der Waals surface area contributed by atoms with Gasteiger partial charge in [-0.2, -0.15) is 0 Å². The summed E-state index contributed by atoms with van der Waals surface area (Å²) in [5.74, 6) is 0.146. The molecular weight excluding hydrogens is 442 g/mol. The Labute approximate surface area is 204 Å². The van der Waals surface area contributed by atoms with Gasteiger partial charge >= 0.3 is 5.69 Å². The van der Waals surface area contributed by atoms with Crippen LogP contribution < -0.4 is 5.69 Å². The van der Waals surface area contributed by atoms with Crippen LogP contribution in [-0.2, 0) is 13.6 Å². The van der Waals surface area contributed by atoms with Crippen LogP contribution in [0.15, 0.2) is 58.0 Å². The van der Waals surface area contributed by atoms with Crippen molar-refractivity contribution >= 4 is 17.1 Å². The van der Waals surface area contributed by atoms with Gasteiger partial charge in [-0.15, -0.1) is 0 Å². The largest absolute Gasteiger partial charge is 0.364 e. The predicted molar refractivity (Wildman–Crippen MR) is 134 cm³/mol. The lowest BCUT2D eigenvalue weighted by atomic mass is 9.89. The number of piperidine rings is 1. The molecule has 35 heavy (non-hydrogen) atoms. The summed E-state index contributed by atoms with van der Waals surface area (Å²) in [7, 11) is 1.78. The van der Waals surface area contributed by atoms with Crippen molar-refractivity contribution in [3.63, 3.8) is 0 Å². The molecule has 182 valence electrons. The zero-order chi connectivity index (χ0) is 24.7. The number of imidazole rings is 1. The first kappa shape index (κ1) is 23.1. The number of fused-ring (bicyclic) bond motifs is 1. The molecule has 8 heteroatoms. The maximum atomic E-state index is 12.9. The average molecular weight is 474 g/mol. The normalized spacial score (nSPS) is 16.7. The van der Waals surface area contributed by atoms with E-state index in [1.165, 1.54) is 11.8 Å². The summed E-state index contributed by atoms with van der Waals surface area (Å²) in [5, 5.41) is 3.80. The van der Waals surface area contributed by atoms with Crippen molar-refractivity contribution in [2.45, 2.75) is 46.1 Å². The summed E-state index contributed by atoms with van der Waals surface area (Å²) < 4.78 is 8.29. The highest BCUT2D eigenvalue weighted by molar-refractivity contribution is 5.92. The second kappa shape index (κ2) is 8.83. The number of aromatic nitrogens is 4. The summed E-state index contributed by atoms with van der Waals surface area (Å²) in [6.45, 7) is 8.36. The van der Waals surface area contributed by atoms with Gasteiger partial charge in [0.15, 0.2) is 11.3 Å². The molecule has 4 aromatic rings. The van der Waals surface area contributed by atoms with Crippen LogP contribution in [0.3, 0.4) is 0 Å². The Bertz CT molecular complexity index is 1430. The molecule has 0 bridgehead atoms. The topological polar surface area (TPSA) is 86.2 Å². The fraction of sp³-hybridized carbons (Fsp3) is 0.407.